The maximum absolute atomic E-state index is 12.7. The second-order valence-corrected chi connectivity index (χ2v) is 12.7. The standard InChI is InChI=1S/C28H38N4O5S/c1-28(2,3)19-10-8-18(9-11-19)15-20(33)7-5-4-6-14-38(36)16-22-24(34)25(35)27(37-22)32-17-31-23-21(29)12-13-30-26(23)32/h8-13,17,22,24-25,27,34-35H,4-7,14-16H2,1-3H3,(H2,29,30)/t22-,24-,25-,27-,38?/m1/s1. The number of aliphatic hydroxyl groups excluding tert-OH is 2. The fraction of sp³-hybridized carbons (Fsp3) is 0.536. The molecule has 0 spiro atoms. The summed E-state index contributed by atoms with van der Waals surface area (Å²) in [5, 5.41) is 21.1. The van der Waals surface area contributed by atoms with Crippen LogP contribution < -0.4 is 5.73 Å². The number of hydrogen-bond acceptors (Lipinski definition) is 8. The molecule has 5 atom stereocenters. The van der Waals surface area contributed by atoms with Crippen molar-refractivity contribution < 1.29 is 24.0 Å². The number of unbranched alkanes of at least 4 members (excludes halogenated alkanes) is 2. The number of imidazole rings is 1. The minimum atomic E-state index is -1.23. The third-order valence-electron chi connectivity index (χ3n) is 7.00. The number of nitrogens with two attached hydrogens (primary N) is 1. The molecule has 0 saturated carbocycles. The number of benzene rings is 1. The van der Waals surface area contributed by atoms with Crippen LogP contribution in [0, 0.1) is 0 Å². The van der Waals surface area contributed by atoms with Crippen LogP contribution in [-0.4, -0.2) is 64.6 Å². The smallest absolute Gasteiger partial charge is 0.165 e. The van der Waals surface area contributed by atoms with Gasteiger partial charge in [-0.1, -0.05) is 51.5 Å². The Bertz CT molecular complexity index is 1270. The Morgan fingerprint density at radius 1 is 1.08 bits per heavy atom. The largest absolute Gasteiger partial charge is 0.397 e. The lowest BCUT2D eigenvalue weighted by Gasteiger charge is -2.19. The highest BCUT2D eigenvalue weighted by Crippen LogP contribution is 2.32. The topological polar surface area (TPSA) is 141 Å². The molecule has 1 aliphatic heterocycles. The lowest BCUT2D eigenvalue weighted by atomic mass is 9.86. The molecule has 4 N–H and O–H groups in total. The van der Waals surface area contributed by atoms with E-state index in [9.17, 15) is 19.2 Å². The molecule has 1 aliphatic rings. The number of aromatic nitrogens is 3. The van der Waals surface area contributed by atoms with Crippen LogP contribution in [0.3, 0.4) is 0 Å². The minimum Gasteiger partial charge on any atom is -0.397 e. The van der Waals surface area contributed by atoms with E-state index in [1.807, 2.05) is 12.1 Å². The fourth-order valence-electron chi connectivity index (χ4n) is 4.70. The first kappa shape index (κ1) is 28.4. The highest BCUT2D eigenvalue weighted by molar-refractivity contribution is 7.85. The third-order valence-corrected chi connectivity index (χ3v) is 8.45. The summed E-state index contributed by atoms with van der Waals surface area (Å²) in [4.78, 5) is 20.9. The number of carbonyl (C=O) groups is 1. The predicted octanol–water partition coefficient (Wildman–Crippen LogP) is 3.05. The number of pyridine rings is 1. The number of anilines is 1. The molecule has 0 bridgehead atoms. The van der Waals surface area contributed by atoms with Gasteiger partial charge in [0.25, 0.3) is 0 Å². The number of carbonyl (C=O) groups excluding carboxylic acids is 1. The van der Waals surface area contributed by atoms with E-state index in [0.29, 0.717) is 41.9 Å². The Labute approximate surface area is 225 Å². The molecular formula is C28H38N4O5S. The molecule has 206 valence electrons. The first-order valence-corrected chi connectivity index (χ1v) is 14.6. The first-order valence-electron chi connectivity index (χ1n) is 13.1. The number of Topliss-reactive ketones (excluding diaryl/α,β-unsaturated/α-hetero) is 1. The molecule has 10 heteroatoms. The molecule has 1 aromatic carbocycles. The molecule has 1 fully saturated rings. The van der Waals surface area contributed by atoms with Crippen LogP contribution in [0.1, 0.15) is 63.8 Å². The second-order valence-electron chi connectivity index (χ2n) is 11.1. The Balaban J connectivity index is 1.18. The van der Waals surface area contributed by atoms with Gasteiger partial charge in [0.1, 0.15) is 29.6 Å². The van der Waals surface area contributed by atoms with Crippen molar-refractivity contribution in [3.05, 3.63) is 54.0 Å². The van der Waals surface area contributed by atoms with Crippen molar-refractivity contribution in [1.82, 2.24) is 14.5 Å². The fourth-order valence-corrected chi connectivity index (χ4v) is 6.04. The van der Waals surface area contributed by atoms with E-state index in [1.165, 1.54) is 18.1 Å². The number of ketones is 1. The summed E-state index contributed by atoms with van der Waals surface area (Å²) in [5.41, 5.74) is 9.69. The molecule has 9 nitrogen and oxygen atoms in total. The van der Waals surface area contributed by atoms with E-state index < -0.39 is 35.3 Å². The van der Waals surface area contributed by atoms with E-state index in [-0.39, 0.29) is 17.0 Å². The average molecular weight is 543 g/mol. The summed E-state index contributed by atoms with van der Waals surface area (Å²) < 4.78 is 20.1. The number of ether oxygens (including phenoxy) is 1. The summed E-state index contributed by atoms with van der Waals surface area (Å²) in [6.07, 6.45) is 2.14. The van der Waals surface area contributed by atoms with Crippen LogP contribution in [0.15, 0.2) is 42.9 Å². The number of nitrogens with zero attached hydrogens (tertiary/aromatic N) is 3. The summed E-state index contributed by atoms with van der Waals surface area (Å²) in [6.45, 7) is 6.50. The van der Waals surface area contributed by atoms with Gasteiger partial charge >= 0.3 is 0 Å². The minimum absolute atomic E-state index is 0.0908. The van der Waals surface area contributed by atoms with Crippen LogP contribution in [-0.2, 0) is 32.2 Å². The number of aliphatic hydroxyl groups is 2. The molecule has 4 rings (SSSR count). The van der Waals surface area contributed by atoms with Gasteiger partial charge in [0.15, 0.2) is 11.9 Å². The summed E-state index contributed by atoms with van der Waals surface area (Å²) in [5.74, 6) is 0.767. The molecule has 0 amide bonds. The normalized spacial score (nSPS) is 22.7. The summed E-state index contributed by atoms with van der Waals surface area (Å²) in [7, 11) is -1.23. The molecule has 3 aromatic rings. The van der Waals surface area contributed by atoms with Gasteiger partial charge in [-0.25, -0.2) is 9.97 Å². The molecule has 0 aliphatic carbocycles. The average Bonchev–Trinajstić information content (AvgIpc) is 3.41. The van der Waals surface area contributed by atoms with Crippen LogP contribution in [0.4, 0.5) is 5.69 Å². The zero-order valence-corrected chi connectivity index (χ0v) is 23.1. The molecule has 0 radical (unpaired) electrons. The molecule has 3 heterocycles. The summed E-state index contributed by atoms with van der Waals surface area (Å²) >= 11 is 0. The van der Waals surface area contributed by atoms with E-state index >= 15 is 0 Å². The van der Waals surface area contributed by atoms with Gasteiger partial charge in [-0.2, -0.15) is 0 Å². The lowest BCUT2D eigenvalue weighted by molar-refractivity contribution is -0.118. The SMILES string of the molecule is CC(C)(C)c1ccc(CC(=O)CCCCCS(=O)C[C@H]2O[C@@H](n3cnc4c(N)ccnc43)[C@H](O)[C@@H]2O)cc1. The van der Waals surface area contributed by atoms with E-state index in [2.05, 4.69) is 42.9 Å². The van der Waals surface area contributed by atoms with Crippen molar-refractivity contribution in [1.29, 1.82) is 0 Å². The Hall–Kier alpha value is -2.66. The third kappa shape index (κ3) is 6.66. The zero-order valence-electron chi connectivity index (χ0n) is 22.2. The maximum Gasteiger partial charge on any atom is 0.165 e. The maximum atomic E-state index is 12.7. The van der Waals surface area contributed by atoms with Crippen LogP contribution in [0.25, 0.3) is 11.2 Å². The molecular weight excluding hydrogens is 504 g/mol. The number of fused-ring (bicyclic) bond motifs is 1. The van der Waals surface area contributed by atoms with E-state index in [0.717, 1.165) is 18.4 Å². The van der Waals surface area contributed by atoms with Crippen LogP contribution >= 0.6 is 0 Å². The van der Waals surface area contributed by atoms with Crippen molar-refractivity contribution in [2.75, 3.05) is 17.2 Å². The monoisotopic (exact) mass is 542 g/mol. The van der Waals surface area contributed by atoms with Crippen molar-refractivity contribution in [2.24, 2.45) is 0 Å². The molecule has 38 heavy (non-hydrogen) atoms. The lowest BCUT2D eigenvalue weighted by Crippen LogP contribution is -2.34. The van der Waals surface area contributed by atoms with Gasteiger partial charge in [0.05, 0.1) is 17.8 Å². The highest BCUT2D eigenvalue weighted by atomic mass is 32.2. The van der Waals surface area contributed by atoms with Crippen LogP contribution in [0.2, 0.25) is 0 Å². The van der Waals surface area contributed by atoms with E-state index in [1.54, 1.807) is 10.6 Å². The van der Waals surface area contributed by atoms with Gasteiger partial charge < -0.3 is 20.7 Å². The van der Waals surface area contributed by atoms with Crippen LogP contribution in [0.5, 0.6) is 0 Å². The molecule has 2 aromatic heterocycles. The number of nitrogen functional groups attached to an aromatic ring is 1. The zero-order chi connectivity index (χ0) is 27.4. The van der Waals surface area contributed by atoms with Crippen molar-refractivity contribution in [3.63, 3.8) is 0 Å². The number of hydrogen-bond donors (Lipinski definition) is 3. The van der Waals surface area contributed by atoms with Gasteiger partial charge in [0.2, 0.25) is 0 Å². The van der Waals surface area contributed by atoms with Crippen molar-refractivity contribution in [3.8, 4) is 0 Å². The van der Waals surface area contributed by atoms with Crippen molar-refractivity contribution >= 4 is 33.4 Å². The van der Waals surface area contributed by atoms with Gasteiger partial charge in [-0.05, 0) is 35.4 Å². The van der Waals surface area contributed by atoms with Gasteiger partial charge in [-0.3, -0.25) is 13.6 Å². The van der Waals surface area contributed by atoms with E-state index in [4.69, 9.17) is 10.5 Å². The quantitative estimate of drug-likeness (QED) is 0.314. The van der Waals surface area contributed by atoms with Gasteiger partial charge in [0, 0.05) is 35.6 Å². The number of rotatable bonds is 11. The Kier molecular flexibility index (Phi) is 8.97. The Morgan fingerprint density at radius 2 is 1.82 bits per heavy atom. The second kappa shape index (κ2) is 12.0. The van der Waals surface area contributed by atoms with Gasteiger partial charge in [-0.15, -0.1) is 0 Å². The predicted molar refractivity (Wildman–Crippen MR) is 148 cm³/mol. The first-order chi connectivity index (χ1) is 18.0. The molecule has 1 saturated heterocycles. The molecule has 1 unspecified atom stereocenters. The Morgan fingerprint density at radius 3 is 2.53 bits per heavy atom. The summed E-state index contributed by atoms with van der Waals surface area (Å²) in [6, 6.07) is 9.88. The van der Waals surface area contributed by atoms with Crippen molar-refractivity contribution in [2.45, 2.75) is 82.8 Å². The highest BCUT2D eigenvalue weighted by Gasteiger charge is 2.44.